The van der Waals surface area contributed by atoms with Gasteiger partial charge < -0.3 is 14.7 Å². The Labute approximate surface area is 119 Å². The van der Waals surface area contributed by atoms with Gasteiger partial charge in [-0.2, -0.15) is 0 Å². The number of carboxylic acids is 1. The molecule has 0 saturated heterocycles. The van der Waals surface area contributed by atoms with Crippen molar-refractivity contribution in [2.24, 2.45) is 11.3 Å². The smallest absolute Gasteiger partial charge is 0.310 e. The summed E-state index contributed by atoms with van der Waals surface area (Å²) in [6, 6.07) is 0. The molecule has 1 N–H and O–H groups in total. The van der Waals surface area contributed by atoms with Crippen LogP contribution >= 0.6 is 0 Å². The zero-order valence-electron chi connectivity index (χ0n) is 12.3. The molecule has 6 nitrogen and oxygen atoms in total. The van der Waals surface area contributed by atoms with Crippen LogP contribution in [0.3, 0.4) is 0 Å². The molecule has 0 aliphatic heterocycles. The second-order valence-corrected chi connectivity index (χ2v) is 5.67. The lowest BCUT2D eigenvalue weighted by Crippen LogP contribution is -2.39. The molecule has 0 aromatic rings. The lowest BCUT2D eigenvalue weighted by Gasteiger charge is -2.27. The van der Waals surface area contributed by atoms with Gasteiger partial charge in [-0.25, -0.2) is 0 Å². The Morgan fingerprint density at radius 2 is 1.85 bits per heavy atom. The number of esters is 1. The Morgan fingerprint density at radius 1 is 1.30 bits per heavy atom. The number of amides is 1. The summed E-state index contributed by atoms with van der Waals surface area (Å²) in [6.45, 7) is 1.92. The van der Waals surface area contributed by atoms with Gasteiger partial charge in [0.1, 0.15) is 0 Å². The van der Waals surface area contributed by atoms with Gasteiger partial charge >= 0.3 is 11.9 Å². The van der Waals surface area contributed by atoms with Crippen molar-refractivity contribution in [3.63, 3.8) is 0 Å². The Hall–Kier alpha value is -1.59. The fourth-order valence-electron chi connectivity index (χ4n) is 2.73. The topological polar surface area (TPSA) is 83.9 Å². The summed E-state index contributed by atoms with van der Waals surface area (Å²) >= 11 is 0. The number of hydrogen-bond donors (Lipinski definition) is 1. The summed E-state index contributed by atoms with van der Waals surface area (Å²) in [6.07, 6.45) is 2.80. The molecule has 114 valence electrons. The van der Waals surface area contributed by atoms with Gasteiger partial charge in [-0.15, -0.1) is 0 Å². The quantitative estimate of drug-likeness (QED) is 0.743. The standard InChI is InChI=1S/C14H23NO5/c1-10(12(17)20-3)9-15(2)11(16)8-14(13(18)19)6-4-5-7-14/h10H,4-9H2,1-3H3,(H,18,19). The zero-order valence-corrected chi connectivity index (χ0v) is 12.3. The van der Waals surface area contributed by atoms with Gasteiger partial charge in [0.2, 0.25) is 5.91 Å². The number of hydrogen-bond acceptors (Lipinski definition) is 4. The molecular weight excluding hydrogens is 262 g/mol. The molecule has 6 heteroatoms. The number of nitrogens with zero attached hydrogens (tertiary/aromatic N) is 1. The van der Waals surface area contributed by atoms with Gasteiger partial charge in [0.25, 0.3) is 0 Å². The molecule has 20 heavy (non-hydrogen) atoms. The molecule has 1 aliphatic carbocycles. The third-order valence-electron chi connectivity index (χ3n) is 4.08. The third-order valence-corrected chi connectivity index (χ3v) is 4.08. The van der Waals surface area contributed by atoms with Crippen LogP contribution in [0, 0.1) is 11.3 Å². The van der Waals surface area contributed by atoms with Crippen LogP contribution in [0.4, 0.5) is 0 Å². The molecule has 0 bridgehead atoms. The average molecular weight is 285 g/mol. The molecule has 0 radical (unpaired) electrons. The Kier molecular flexibility index (Phi) is 5.53. The van der Waals surface area contributed by atoms with Crippen LogP contribution in [0.2, 0.25) is 0 Å². The molecule has 0 heterocycles. The molecule has 1 unspecified atom stereocenters. The zero-order chi connectivity index (χ0) is 15.3. The van der Waals surface area contributed by atoms with E-state index in [1.165, 1.54) is 12.0 Å². The van der Waals surface area contributed by atoms with Gasteiger partial charge in [0.15, 0.2) is 0 Å². The van der Waals surface area contributed by atoms with Crippen molar-refractivity contribution in [1.82, 2.24) is 4.90 Å². The number of rotatable bonds is 6. The molecule has 0 aromatic heterocycles. The van der Waals surface area contributed by atoms with Crippen LogP contribution in [0.1, 0.15) is 39.0 Å². The third kappa shape index (κ3) is 3.71. The van der Waals surface area contributed by atoms with Crippen molar-refractivity contribution < 1.29 is 24.2 Å². The van der Waals surface area contributed by atoms with E-state index >= 15 is 0 Å². The van der Waals surface area contributed by atoms with Crippen molar-refractivity contribution in [2.75, 3.05) is 20.7 Å². The first kappa shape index (κ1) is 16.5. The highest BCUT2D eigenvalue weighted by Gasteiger charge is 2.43. The number of carbonyl (C=O) groups excluding carboxylic acids is 2. The van der Waals surface area contributed by atoms with E-state index < -0.39 is 17.3 Å². The number of carbonyl (C=O) groups is 3. The van der Waals surface area contributed by atoms with Gasteiger partial charge in [-0.05, 0) is 12.8 Å². The largest absolute Gasteiger partial charge is 0.481 e. The minimum Gasteiger partial charge on any atom is -0.481 e. The molecule has 0 aromatic carbocycles. The molecule has 1 saturated carbocycles. The summed E-state index contributed by atoms with van der Waals surface area (Å²) in [5.41, 5.74) is -0.917. The van der Waals surface area contributed by atoms with Gasteiger partial charge in [-0.1, -0.05) is 19.8 Å². The van der Waals surface area contributed by atoms with Crippen LogP contribution in [0.15, 0.2) is 0 Å². The second-order valence-electron chi connectivity index (χ2n) is 5.67. The number of ether oxygens (including phenoxy) is 1. The van der Waals surface area contributed by atoms with E-state index in [2.05, 4.69) is 4.74 Å². The maximum atomic E-state index is 12.2. The van der Waals surface area contributed by atoms with Crippen LogP contribution in [-0.2, 0) is 19.1 Å². The maximum absolute atomic E-state index is 12.2. The predicted molar refractivity (Wildman–Crippen MR) is 72.0 cm³/mol. The van der Waals surface area contributed by atoms with Gasteiger partial charge in [-0.3, -0.25) is 14.4 Å². The predicted octanol–water partition coefficient (Wildman–Crippen LogP) is 1.29. The van der Waals surface area contributed by atoms with Gasteiger partial charge in [0, 0.05) is 20.0 Å². The van der Waals surface area contributed by atoms with Crippen molar-refractivity contribution in [2.45, 2.75) is 39.0 Å². The molecule has 1 rings (SSSR count). The van der Waals surface area contributed by atoms with Crippen LogP contribution in [0.5, 0.6) is 0 Å². The number of aliphatic carboxylic acids is 1. The Balaban J connectivity index is 2.61. The molecule has 1 aliphatic rings. The Morgan fingerprint density at radius 3 is 2.30 bits per heavy atom. The number of carboxylic acid groups (broad SMARTS) is 1. The van der Waals surface area contributed by atoms with E-state index in [-0.39, 0.29) is 24.8 Å². The van der Waals surface area contributed by atoms with Crippen LogP contribution in [-0.4, -0.2) is 48.6 Å². The average Bonchev–Trinajstić information content (AvgIpc) is 2.87. The van der Waals surface area contributed by atoms with E-state index in [9.17, 15) is 19.5 Å². The highest BCUT2D eigenvalue weighted by atomic mass is 16.5. The molecule has 1 atom stereocenters. The first-order valence-corrected chi connectivity index (χ1v) is 6.87. The summed E-state index contributed by atoms with van der Waals surface area (Å²) in [5, 5.41) is 9.36. The maximum Gasteiger partial charge on any atom is 0.310 e. The summed E-state index contributed by atoms with van der Waals surface area (Å²) in [7, 11) is 2.89. The lowest BCUT2D eigenvalue weighted by atomic mass is 9.82. The summed E-state index contributed by atoms with van der Waals surface area (Å²) in [5.74, 6) is -1.92. The SMILES string of the molecule is COC(=O)C(C)CN(C)C(=O)CC1(C(=O)O)CCCC1. The van der Waals surface area contributed by atoms with Crippen LogP contribution < -0.4 is 0 Å². The highest BCUT2D eigenvalue weighted by molar-refractivity contribution is 5.85. The molecular formula is C14H23NO5. The van der Waals surface area contributed by atoms with Crippen LogP contribution in [0.25, 0.3) is 0 Å². The Bertz CT molecular complexity index is 387. The monoisotopic (exact) mass is 285 g/mol. The van der Waals surface area contributed by atoms with E-state index in [1.54, 1.807) is 14.0 Å². The summed E-state index contributed by atoms with van der Waals surface area (Å²) < 4.78 is 4.61. The number of methoxy groups -OCH3 is 1. The lowest BCUT2D eigenvalue weighted by molar-refractivity contribution is -0.154. The molecule has 1 amide bonds. The highest BCUT2D eigenvalue weighted by Crippen LogP contribution is 2.41. The van der Waals surface area contributed by atoms with E-state index in [1.807, 2.05) is 0 Å². The fourth-order valence-corrected chi connectivity index (χ4v) is 2.73. The summed E-state index contributed by atoms with van der Waals surface area (Å²) in [4.78, 5) is 36.3. The van der Waals surface area contributed by atoms with Crippen molar-refractivity contribution in [1.29, 1.82) is 0 Å². The molecule has 1 fully saturated rings. The van der Waals surface area contributed by atoms with Crippen molar-refractivity contribution in [3.8, 4) is 0 Å². The van der Waals surface area contributed by atoms with Crippen molar-refractivity contribution in [3.05, 3.63) is 0 Å². The first-order chi connectivity index (χ1) is 9.32. The normalized spacial score (nSPS) is 18.4. The van der Waals surface area contributed by atoms with Crippen molar-refractivity contribution >= 4 is 17.8 Å². The minimum atomic E-state index is -0.917. The van der Waals surface area contributed by atoms with E-state index in [0.717, 1.165) is 12.8 Å². The van der Waals surface area contributed by atoms with Gasteiger partial charge in [0.05, 0.1) is 18.4 Å². The van der Waals surface area contributed by atoms with E-state index in [0.29, 0.717) is 12.8 Å². The fraction of sp³-hybridized carbons (Fsp3) is 0.786. The van der Waals surface area contributed by atoms with E-state index in [4.69, 9.17) is 0 Å². The first-order valence-electron chi connectivity index (χ1n) is 6.87. The molecule has 0 spiro atoms. The minimum absolute atomic E-state index is 0.00667. The second kappa shape index (κ2) is 6.72.